The third kappa shape index (κ3) is 7.67. The number of fused-ring (bicyclic) bond motifs is 3. The van der Waals surface area contributed by atoms with Crippen molar-refractivity contribution in [3.05, 3.63) is 255 Å². The lowest BCUT2D eigenvalue weighted by molar-refractivity contribution is 0.979. The molecule has 0 unspecified atom stereocenters. The van der Waals surface area contributed by atoms with Crippen LogP contribution in [0.4, 0.5) is 0 Å². The number of hydrogen-bond donors (Lipinski definition) is 0. The van der Waals surface area contributed by atoms with Crippen LogP contribution in [0.2, 0.25) is 0 Å². The van der Waals surface area contributed by atoms with Crippen LogP contribution in [0, 0.1) is 0 Å². The standard InChI is InChI=1S/C63H42N4/c1-7-19-43(20-8-1)52-38-53(44-21-9-2-10-22-44)40-55(39-52)58-42-57(46-23-11-3-12-24-46)64-63(65-58)50-33-31-45(32-34-50)51-35-36-56-54(37-51)41-59(47-25-13-4-14-26-47)67-62(56)60(48-27-15-5-16-28-48)61(66-67)49-29-17-6-18-30-49/h1-42H. The fraction of sp³-hybridized carbons (Fsp3) is 0. The van der Waals surface area contributed by atoms with Crippen molar-refractivity contribution in [2.75, 3.05) is 0 Å². The average molecular weight is 855 g/mol. The molecule has 9 aromatic carbocycles. The molecular formula is C63H42N4. The summed E-state index contributed by atoms with van der Waals surface area (Å²) in [6.45, 7) is 0. The molecule has 0 radical (unpaired) electrons. The minimum absolute atomic E-state index is 0.672. The summed E-state index contributed by atoms with van der Waals surface area (Å²) in [6, 6.07) is 89.9. The Morgan fingerprint density at radius 2 is 0.716 bits per heavy atom. The zero-order valence-corrected chi connectivity index (χ0v) is 36.5. The third-order valence-electron chi connectivity index (χ3n) is 12.6. The second-order valence-corrected chi connectivity index (χ2v) is 16.9. The Bertz CT molecular complexity index is 3630. The van der Waals surface area contributed by atoms with E-state index in [1.54, 1.807) is 0 Å². The molecule has 3 aromatic heterocycles. The summed E-state index contributed by atoms with van der Waals surface area (Å²) in [5.74, 6) is 0.672. The van der Waals surface area contributed by atoms with E-state index < -0.39 is 0 Å². The molecule has 0 fully saturated rings. The summed E-state index contributed by atoms with van der Waals surface area (Å²) in [6.07, 6.45) is 0. The van der Waals surface area contributed by atoms with Crippen LogP contribution in [-0.2, 0) is 0 Å². The fourth-order valence-electron chi connectivity index (χ4n) is 9.28. The molecule has 67 heavy (non-hydrogen) atoms. The van der Waals surface area contributed by atoms with Crippen LogP contribution in [0.5, 0.6) is 0 Å². The van der Waals surface area contributed by atoms with E-state index in [0.29, 0.717) is 5.82 Å². The topological polar surface area (TPSA) is 43.1 Å². The van der Waals surface area contributed by atoms with Gasteiger partial charge in [0.1, 0.15) is 5.69 Å². The van der Waals surface area contributed by atoms with Gasteiger partial charge in [-0.05, 0) is 80.7 Å². The third-order valence-corrected chi connectivity index (χ3v) is 12.6. The van der Waals surface area contributed by atoms with Crippen molar-refractivity contribution in [1.29, 1.82) is 0 Å². The summed E-state index contributed by atoms with van der Waals surface area (Å²) in [5, 5.41) is 7.67. The second-order valence-electron chi connectivity index (χ2n) is 16.9. The summed E-state index contributed by atoms with van der Waals surface area (Å²) in [7, 11) is 0. The molecule has 0 aliphatic rings. The predicted octanol–water partition coefficient (Wildman–Crippen LogP) is 16.3. The molecule has 0 amide bonds. The van der Waals surface area contributed by atoms with E-state index in [9.17, 15) is 0 Å². The molecule has 0 saturated carbocycles. The van der Waals surface area contributed by atoms with Gasteiger partial charge in [0.2, 0.25) is 0 Å². The van der Waals surface area contributed by atoms with E-state index >= 15 is 0 Å². The van der Waals surface area contributed by atoms with Gasteiger partial charge in [-0.25, -0.2) is 14.5 Å². The van der Waals surface area contributed by atoms with E-state index in [4.69, 9.17) is 15.1 Å². The van der Waals surface area contributed by atoms with Crippen molar-refractivity contribution in [1.82, 2.24) is 19.6 Å². The molecule has 3 heterocycles. The molecule has 12 aromatic rings. The maximum absolute atomic E-state index is 5.40. The molecule has 0 aliphatic heterocycles. The molecule has 4 heteroatoms. The van der Waals surface area contributed by atoms with Crippen LogP contribution in [0.1, 0.15) is 0 Å². The number of aromatic nitrogens is 4. The lowest BCUT2D eigenvalue weighted by Gasteiger charge is -2.14. The zero-order chi connectivity index (χ0) is 44.5. The SMILES string of the molecule is c1ccc(-c2cc(-c3ccccc3)cc(-c3cc(-c4ccccc4)nc(-c4ccc(-c5ccc6c(c5)cc(-c5ccccc5)n5nc(-c7ccccc7)c(-c7ccccc7)c65)cc4)n3)c2)cc1. The van der Waals surface area contributed by atoms with Gasteiger partial charge in [-0.1, -0.05) is 218 Å². The number of rotatable bonds is 9. The summed E-state index contributed by atoms with van der Waals surface area (Å²) >= 11 is 0. The first-order valence-corrected chi connectivity index (χ1v) is 22.7. The first-order valence-electron chi connectivity index (χ1n) is 22.7. The molecule has 0 aliphatic carbocycles. The van der Waals surface area contributed by atoms with Gasteiger partial charge in [0.05, 0.1) is 22.6 Å². The maximum Gasteiger partial charge on any atom is 0.160 e. The Morgan fingerprint density at radius 1 is 0.284 bits per heavy atom. The van der Waals surface area contributed by atoms with E-state index in [1.165, 1.54) is 0 Å². The summed E-state index contributed by atoms with van der Waals surface area (Å²) in [5.41, 5.74) is 19.1. The molecule has 0 atom stereocenters. The van der Waals surface area contributed by atoms with Crippen molar-refractivity contribution in [3.63, 3.8) is 0 Å². The fourth-order valence-corrected chi connectivity index (χ4v) is 9.28. The molecule has 4 nitrogen and oxygen atoms in total. The average Bonchev–Trinajstić information content (AvgIpc) is 3.83. The first kappa shape index (κ1) is 39.6. The number of benzene rings is 9. The Morgan fingerprint density at radius 3 is 1.28 bits per heavy atom. The largest absolute Gasteiger partial charge is 0.231 e. The van der Waals surface area contributed by atoms with E-state index in [-0.39, 0.29) is 0 Å². The van der Waals surface area contributed by atoms with E-state index in [0.717, 1.165) is 111 Å². The Labute approximate surface area is 389 Å². The molecule has 0 saturated heterocycles. The van der Waals surface area contributed by atoms with Gasteiger partial charge in [0.15, 0.2) is 5.82 Å². The van der Waals surface area contributed by atoms with Gasteiger partial charge < -0.3 is 0 Å². The Hall–Kier alpha value is -8.99. The van der Waals surface area contributed by atoms with Gasteiger partial charge >= 0.3 is 0 Å². The molecule has 314 valence electrons. The highest BCUT2D eigenvalue weighted by molar-refractivity contribution is 6.09. The van der Waals surface area contributed by atoms with Crippen molar-refractivity contribution in [2.45, 2.75) is 0 Å². The van der Waals surface area contributed by atoms with E-state index in [1.807, 2.05) is 6.07 Å². The maximum atomic E-state index is 5.40. The smallest absolute Gasteiger partial charge is 0.160 e. The monoisotopic (exact) mass is 854 g/mol. The molecule has 0 bridgehead atoms. The Balaban J connectivity index is 0.986. The van der Waals surface area contributed by atoms with Gasteiger partial charge in [0.25, 0.3) is 0 Å². The number of hydrogen-bond acceptors (Lipinski definition) is 3. The van der Waals surface area contributed by atoms with Crippen LogP contribution in [0.3, 0.4) is 0 Å². The van der Waals surface area contributed by atoms with E-state index in [2.05, 4.69) is 253 Å². The number of pyridine rings is 1. The highest BCUT2D eigenvalue weighted by Gasteiger charge is 2.22. The zero-order valence-electron chi connectivity index (χ0n) is 36.5. The first-order chi connectivity index (χ1) is 33.2. The predicted molar refractivity (Wildman–Crippen MR) is 277 cm³/mol. The lowest BCUT2D eigenvalue weighted by atomic mass is 9.94. The minimum Gasteiger partial charge on any atom is -0.231 e. The van der Waals surface area contributed by atoms with Crippen molar-refractivity contribution >= 4 is 16.3 Å². The van der Waals surface area contributed by atoms with Gasteiger partial charge in [-0.2, -0.15) is 5.10 Å². The minimum atomic E-state index is 0.672. The van der Waals surface area contributed by atoms with Crippen molar-refractivity contribution in [2.24, 2.45) is 0 Å². The quantitative estimate of drug-likeness (QED) is 0.145. The Kier molecular flexibility index (Phi) is 10.2. The molecular weight excluding hydrogens is 813 g/mol. The second kappa shape index (κ2) is 17.2. The van der Waals surface area contributed by atoms with Crippen LogP contribution >= 0.6 is 0 Å². The number of nitrogens with zero attached hydrogens (tertiary/aromatic N) is 4. The van der Waals surface area contributed by atoms with Gasteiger partial charge in [-0.15, -0.1) is 0 Å². The summed E-state index contributed by atoms with van der Waals surface area (Å²) < 4.78 is 2.15. The molecule has 0 spiro atoms. The highest BCUT2D eigenvalue weighted by Crippen LogP contribution is 2.42. The van der Waals surface area contributed by atoms with Gasteiger partial charge in [-0.3, -0.25) is 0 Å². The van der Waals surface area contributed by atoms with Crippen LogP contribution in [0.25, 0.3) is 117 Å². The van der Waals surface area contributed by atoms with Crippen LogP contribution in [-0.4, -0.2) is 19.6 Å². The van der Waals surface area contributed by atoms with Crippen LogP contribution < -0.4 is 0 Å². The van der Waals surface area contributed by atoms with Gasteiger partial charge in [0, 0.05) is 38.8 Å². The van der Waals surface area contributed by atoms with Crippen LogP contribution in [0.15, 0.2) is 255 Å². The summed E-state index contributed by atoms with van der Waals surface area (Å²) in [4.78, 5) is 10.5. The highest BCUT2D eigenvalue weighted by atomic mass is 15.2. The van der Waals surface area contributed by atoms with Crippen molar-refractivity contribution < 1.29 is 0 Å². The lowest BCUT2D eigenvalue weighted by Crippen LogP contribution is -1.97. The molecule has 12 rings (SSSR count). The molecule has 0 N–H and O–H groups in total. The van der Waals surface area contributed by atoms with Crippen molar-refractivity contribution in [3.8, 4) is 101 Å². The normalized spacial score (nSPS) is 11.3.